The lowest BCUT2D eigenvalue weighted by atomic mass is 10.1. The largest absolute Gasteiger partial charge is 0.606 e. The number of halogens is 6. The van der Waals surface area contributed by atoms with Crippen molar-refractivity contribution in [1.29, 1.82) is 0 Å². The number of rotatable bonds is 3. The van der Waals surface area contributed by atoms with Crippen molar-refractivity contribution >= 4 is 28.6 Å². The van der Waals surface area contributed by atoms with E-state index in [1.165, 1.54) is 0 Å². The topological polar surface area (TPSA) is 49.4 Å². The number of carbonyl (C=O) groups excluding carboxylic acids is 1. The van der Waals surface area contributed by atoms with Crippen LogP contribution in [0.3, 0.4) is 0 Å². The molecule has 0 saturated heterocycles. The van der Waals surface area contributed by atoms with Crippen molar-refractivity contribution < 1.29 is 36.0 Å². The summed E-state index contributed by atoms with van der Waals surface area (Å²) in [6.45, 7) is 0. The molecule has 25 heavy (non-hydrogen) atoms. The van der Waals surface area contributed by atoms with Crippen LogP contribution in [0.1, 0.15) is 22.3 Å². The Morgan fingerprint density at radius 3 is 2.48 bits per heavy atom. The van der Waals surface area contributed by atoms with Crippen LogP contribution in [-0.4, -0.2) is 15.6 Å². The molecule has 1 atom stereocenters. The molecule has 3 nitrogen and oxygen atoms in total. The molecule has 0 fully saturated rings. The Bertz CT molecular complexity index is 854. The SMILES string of the molecule is O=C1c2ccc(Oc3cc(F)cc(Cl)c3)c(C(F)F)c2[S+]([O-])C1(F)F. The fourth-order valence-electron chi connectivity index (χ4n) is 2.34. The zero-order valence-electron chi connectivity index (χ0n) is 11.9. The van der Waals surface area contributed by atoms with Gasteiger partial charge in [-0.15, -0.1) is 8.78 Å². The number of ether oxygens (including phenoxy) is 1. The van der Waals surface area contributed by atoms with E-state index in [1.54, 1.807) is 0 Å². The summed E-state index contributed by atoms with van der Waals surface area (Å²) in [6.07, 6.45) is -3.36. The highest BCUT2D eigenvalue weighted by Crippen LogP contribution is 2.48. The van der Waals surface area contributed by atoms with Crippen LogP contribution in [0.5, 0.6) is 11.5 Å². The quantitative estimate of drug-likeness (QED) is 0.535. The second-order valence-electron chi connectivity index (χ2n) is 4.98. The molecule has 132 valence electrons. The first-order valence-corrected chi connectivity index (χ1v) is 8.09. The van der Waals surface area contributed by atoms with Crippen LogP contribution in [0.25, 0.3) is 0 Å². The molecule has 0 bridgehead atoms. The Hall–Kier alpha value is -1.84. The molecule has 0 aliphatic carbocycles. The smallest absolute Gasteiger partial charge is 0.477 e. The summed E-state index contributed by atoms with van der Waals surface area (Å²) in [6, 6.07) is 4.57. The van der Waals surface area contributed by atoms with Crippen LogP contribution in [0.15, 0.2) is 35.2 Å². The van der Waals surface area contributed by atoms with Crippen LogP contribution >= 0.6 is 11.6 Å². The number of ketones is 1. The molecule has 0 radical (unpaired) electrons. The van der Waals surface area contributed by atoms with Gasteiger partial charge in [0, 0.05) is 11.1 Å². The van der Waals surface area contributed by atoms with Gasteiger partial charge in [-0.3, -0.25) is 4.79 Å². The first kappa shape index (κ1) is 18.0. The zero-order chi connectivity index (χ0) is 18.5. The van der Waals surface area contributed by atoms with Crippen molar-refractivity contribution in [2.45, 2.75) is 16.6 Å². The Morgan fingerprint density at radius 1 is 1.20 bits per heavy atom. The van der Waals surface area contributed by atoms with Gasteiger partial charge in [0.05, 0.1) is 16.7 Å². The van der Waals surface area contributed by atoms with Crippen LogP contribution in [0, 0.1) is 5.82 Å². The summed E-state index contributed by atoms with van der Waals surface area (Å²) < 4.78 is 84.4. The molecule has 2 aromatic rings. The maximum Gasteiger partial charge on any atom is 0.477 e. The molecule has 0 amide bonds. The Balaban J connectivity index is 2.14. The Morgan fingerprint density at radius 2 is 1.88 bits per heavy atom. The van der Waals surface area contributed by atoms with E-state index in [1.807, 2.05) is 0 Å². The van der Waals surface area contributed by atoms with Gasteiger partial charge in [-0.2, -0.15) is 0 Å². The van der Waals surface area contributed by atoms with Gasteiger partial charge >= 0.3 is 5.25 Å². The normalized spacial score (nSPS) is 18.6. The summed E-state index contributed by atoms with van der Waals surface area (Å²) in [5.41, 5.74) is -1.87. The number of benzene rings is 2. The molecule has 1 heterocycles. The Labute approximate surface area is 145 Å². The van der Waals surface area contributed by atoms with Gasteiger partial charge in [-0.25, -0.2) is 13.2 Å². The second-order valence-corrected chi connectivity index (χ2v) is 6.87. The molecule has 1 aliphatic heterocycles. The van der Waals surface area contributed by atoms with Crippen molar-refractivity contribution in [1.82, 2.24) is 0 Å². The molecular formula is C15H6ClF5O3S. The van der Waals surface area contributed by atoms with Gasteiger partial charge in [0.1, 0.15) is 22.9 Å². The van der Waals surface area contributed by atoms with Gasteiger partial charge in [-0.05, 0) is 24.3 Å². The van der Waals surface area contributed by atoms with Crippen LogP contribution in [-0.2, 0) is 11.2 Å². The second kappa shape index (κ2) is 6.15. The highest BCUT2D eigenvalue weighted by Gasteiger charge is 2.62. The van der Waals surface area contributed by atoms with E-state index in [0.717, 1.165) is 30.3 Å². The number of alkyl halides is 4. The standard InChI is InChI=1S/C15H6ClF5O3S/c16-6-3-7(17)5-8(4-6)24-10-2-1-9-12(11(10)14(18)19)25(23)15(20,21)13(9)22/h1-5,14H. The van der Waals surface area contributed by atoms with E-state index in [0.29, 0.717) is 0 Å². The molecule has 0 N–H and O–H groups in total. The van der Waals surface area contributed by atoms with E-state index in [4.69, 9.17) is 16.3 Å². The van der Waals surface area contributed by atoms with Gasteiger partial charge in [0.15, 0.2) is 4.90 Å². The number of carbonyl (C=O) groups is 1. The maximum atomic E-state index is 13.6. The molecule has 2 aromatic carbocycles. The summed E-state index contributed by atoms with van der Waals surface area (Å²) in [7, 11) is 0. The third kappa shape index (κ3) is 2.96. The highest BCUT2D eigenvalue weighted by molar-refractivity contribution is 7.94. The lowest BCUT2D eigenvalue weighted by Gasteiger charge is -2.15. The minimum Gasteiger partial charge on any atom is -0.606 e. The molecule has 3 rings (SSSR count). The molecule has 0 aromatic heterocycles. The third-order valence-electron chi connectivity index (χ3n) is 3.37. The van der Waals surface area contributed by atoms with Crippen molar-refractivity contribution in [3.05, 3.63) is 52.3 Å². The minimum atomic E-state index is -4.30. The summed E-state index contributed by atoms with van der Waals surface area (Å²) in [5, 5.41) is -4.38. The molecule has 0 spiro atoms. The average molecular weight is 397 g/mol. The maximum absolute atomic E-state index is 13.6. The predicted molar refractivity (Wildman–Crippen MR) is 78.6 cm³/mol. The van der Waals surface area contributed by atoms with E-state index in [9.17, 15) is 31.3 Å². The summed E-state index contributed by atoms with van der Waals surface area (Å²) in [5.74, 6) is -3.52. The number of hydrogen-bond donors (Lipinski definition) is 0. The van der Waals surface area contributed by atoms with E-state index < -0.39 is 56.2 Å². The highest BCUT2D eigenvalue weighted by atomic mass is 35.5. The van der Waals surface area contributed by atoms with Crippen molar-refractivity contribution in [3.63, 3.8) is 0 Å². The summed E-state index contributed by atoms with van der Waals surface area (Å²) in [4.78, 5) is 10.6. The lowest BCUT2D eigenvalue weighted by Crippen LogP contribution is -2.30. The molecule has 10 heteroatoms. The molecule has 1 unspecified atom stereocenters. The van der Waals surface area contributed by atoms with Crippen LogP contribution < -0.4 is 4.74 Å². The number of fused-ring (bicyclic) bond motifs is 1. The van der Waals surface area contributed by atoms with Gasteiger partial charge < -0.3 is 9.29 Å². The third-order valence-corrected chi connectivity index (χ3v) is 5.05. The van der Waals surface area contributed by atoms with E-state index >= 15 is 0 Å². The van der Waals surface area contributed by atoms with E-state index in [2.05, 4.69) is 0 Å². The zero-order valence-corrected chi connectivity index (χ0v) is 13.4. The molecule has 1 aliphatic rings. The first-order valence-electron chi connectivity index (χ1n) is 6.56. The van der Waals surface area contributed by atoms with E-state index in [-0.39, 0.29) is 10.8 Å². The van der Waals surface area contributed by atoms with Gasteiger partial charge in [0.25, 0.3) is 12.2 Å². The number of Topliss-reactive ketones (excluding diaryl/α,β-unsaturated/α-hetero) is 1. The van der Waals surface area contributed by atoms with Crippen LogP contribution in [0.2, 0.25) is 5.02 Å². The Kier molecular flexibility index (Phi) is 4.42. The minimum absolute atomic E-state index is 0.0833. The van der Waals surface area contributed by atoms with Crippen molar-refractivity contribution in [3.8, 4) is 11.5 Å². The van der Waals surface area contributed by atoms with Gasteiger partial charge in [-0.1, -0.05) is 11.6 Å². The summed E-state index contributed by atoms with van der Waals surface area (Å²) >= 11 is 2.34. The van der Waals surface area contributed by atoms with Gasteiger partial charge in [0.2, 0.25) is 0 Å². The van der Waals surface area contributed by atoms with Crippen LogP contribution in [0.4, 0.5) is 22.0 Å². The molecular weight excluding hydrogens is 391 g/mol. The monoisotopic (exact) mass is 396 g/mol. The lowest BCUT2D eigenvalue weighted by molar-refractivity contribution is 0.0549. The van der Waals surface area contributed by atoms with Crippen molar-refractivity contribution in [2.75, 3.05) is 0 Å². The fourth-order valence-corrected chi connectivity index (χ4v) is 3.84. The molecule has 0 saturated carbocycles. The number of hydrogen-bond acceptors (Lipinski definition) is 3. The fraction of sp³-hybridized carbons (Fsp3) is 0.133. The van der Waals surface area contributed by atoms with Crippen molar-refractivity contribution in [2.24, 2.45) is 0 Å². The average Bonchev–Trinajstić information content (AvgIpc) is 2.67. The predicted octanol–water partition coefficient (Wildman–Crippen LogP) is 5.11. The first-order chi connectivity index (χ1) is 11.6.